The summed E-state index contributed by atoms with van der Waals surface area (Å²) in [6.07, 6.45) is 0. The normalized spacial score (nSPS) is 11.3. The van der Waals surface area contributed by atoms with Crippen LogP contribution in [-0.2, 0) is 0 Å². The summed E-state index contributed by atoms with van der Waals surface area (Å²) in [6.45, 7) is 1.75. The number of nitro groups is 1. The van der Waals surface area contributed by atoms with E-state index >= 15 is 0 Å². The molecule has 0 amide bonds. The van der Waals surface area contributed by atoms with Gasteiger partial charge in [0.15, 0.2) is 0 Å². The number of nitrogens with zero attached hydrogens (tertiary/aromatic N) is 4. The number of pyridine rings is 1. The van der Waals surface area contributed by atoms with Crippen molar-refractivity contribution in [3.8, 4) is 22.6 Å². The van der Waals surface area contributed by atoms with E-state index in [1.165, 1.54) is 28.9 Å². The second-order valence-corrected chi connectivity index (χ2v) is 7.66. The topological polar surface area (TPSA) is 83.0 Å². The van der Waals surface area contributed by atoms with E-state index in [-0.39, 0.29) is 16.3 Å². The summed E-state index contributed by atoms with van der Waals surface area (Å²) in [6, 6.07) is 17.4. The summed E-state index contributed by atoms with van der Waals surface area (Å²) < 4.78 is 16.6. The highest BCUT2D eigenvalue weighted by Gasteiger charge is 2.27. The SMILES string of the molecule is Cc1c2c(=O)n(-c3ccccc3)nc-2c2cc([N+](=O)[O-])c(Cl)cc2n1-c1ccc(F)cc1. The molecule has 0 spiro atoms. The number of hydrogen-bond donors (Lipinski definition) is 0. The molecular weight excluding hydrogens is 435 g/mol. The molecule has 7 nitrogen and oxygen atoms in total. The lowest BCUT2D eigenvalue weighted by atomic mass is 10.0. The molecule has 9 heteroatoms. The average molecular weight is 449 g/mol. The van der Waals surface area contributed by atoms with Crippen LogP contribution in [0.5, 0.6) is 0 Å². The van der Waals surface area contributed by atoms with Crippen LogP contribution in [0.4, 0.5) is 10.1 Å². The van der Waals surface area contributed by atoms with Gasteiger partial charge < -0.3 is 4.57 Å². The van der Waals surface area contributed by atoms with Crippen LogP contribution in [0.25, 0.3) is 33.5 Å². The van der Waals surface area contributed by atoms with Gasteiger partial charge in [-0.15, -0.1) is 0 Å². The standard InChI is InChI=1S/C23H14ClFN4O3/c1-13-21-22(26-28(23(21)30)16-5-3-2-4-6-16)17-11-20(29(31)32)18(24)12-19(17)27(13)15-9-7-14(25)8-10-15/h2-12H,1H3. The minimum absolute atomic E-state index is 0.0537. The number of nitro benzene ring substituents is 1. The van der Waals surface area contributed by atoms with E-state index in [1.54, 1.807) is 47.9 Å². The van der Waals surface area contributed by atoms with E-state index in [0.717, 1.165) is 0 Å². The molecule has 2 heterocycles. The molecule has 0 radical (unpaired) electrons. The monoisotopic (exact) mass is 448 g/mol. The smallest absolute Gasteiger partial charge is 0.288 e. The van der Waals surface area contributed by atoms with Gasteiger partial charge in [-0.1, -0.05) is 29.8 Å². The molecule has 0 atom stereocenters. The van der Waals surface area contributed by atoms with Crippen LogP contribution in [0.2, 0.25) is 5.02 Å². The highest BCUT2D eigenvalue weighted by molar-refractivity contribution is 6.33. The third-order valence-electron chi connectivity index (χ3n) is 5.38. The number of fused-ring (bicyclic) bond motifs is 3. The van der Waals surface area contributed by atoms with Crippen molar-refractivity contribution in [2.45, 2.75) is 6.92 Å². The molecular formula is C23H14ClFN4O3. The van der Waals surface area contributed by atoms with Gasteiger partial charge in [0.25, 0.3) is 11.2 Å². The summed E-state index contributed by atoms with van der Waals surface area (Å²) in [5, 5.41) is 16.4. The van der Waals surface area contributed by atoms with Crippen molar-refractivity contribution in [1.29, 1.82) is 0 Å². The lowest BCUT2D eigenvalue weighted by Crippen LogP contribution is -2.16. The second-order valence-electron chi connectivity index (χ2n) is 7.25. The van der Waals surface area contributed by atoms with Crippen molar-refractivity contribution >= 4 is 28.2 Å². The first kappa shape index (κ1) is 19.9. The zero-order chi connectivity index (χ0) is 22.6. The van der Waals surface area contributed by atoms with Gasteiger partial charge in [0.05, 0.1) is 21.7 Å². The number of aromatic nitrogens is 3. The summed E-state index contributed by atoms with van der Waals surface area (Å²) in [5.41, 5.74) is 2.18. The molecule has 0 unspecified atom stereocenters. The zero-order valence-electron chi connectivity index (χ0n) is 16.6. The molecule has 2 aliphatic heterocycles. The van der Waals surface area contributed by atoms with E-state index < -0.39 is 10.7 Å². The Hall–Kier alpha value is -4.04. The number of hydrogen-bond acceptors (Lipinski definition) is 4. The Morgan fingerprint density at radius 3 is 2.38 bits per heavy atom. The van der Waals surface area contributed by atoms with E-state index in [0.29, 0.717) is 39.2 Å². The number of para-hydroxylation sites is 1. The molecule has 5 rings (SSSR count). The summed E-state index contributed by atoms with van der Waals surface area (Å²) in [4.78, 5) is 24.3. The van der Waals surface area contributed by atoms with Crippen molar-refractivity contribution in [1.82, 2.24) is 14.3 Å². The van der Waals surface area contributed by atoms with Gasteiger partial charge in [-0.3, -0.25) is 14.9 Å². The molecule has 0 saturated heterocycles. The Morgan fingerprint density at radius 2 is 1.72 bits per heavy atom. The van der Waals surface area contributed by atoms with Gasteiger partial charge in [-0.25, -0.2) is 4.39 Å². The first-order chi connectivity index (χ1) is 15.4. The zero-order valence-corrected chi connectivity index (χ0v) is 17.4. The predicted octanol–water partition coefficient (Wildman–Crippen LogP) is 5.29. The molecule has 0 aromatic heterocycles. The van der Waals surface area contributed by atoms with Crippen LogP contribution in [0.1, 0.15) is 5.69 Å². The second kappa shape index (κ2) is 7.28. The summed E-state index contributed by atoms with van der Waals surface area (Å²) >= 11 is 6.22. The van der Waals surface area contributed by atoms with Gasteiger partial charge >= 0.3 is 0 Å². The van der Waals surface area contributed by atoms with Crippen molar-refractivity contribution in [2.24, 2.45) is 0 Å². The molecule has 0 fully saturated rings. The fourth-order valence-electron chi connectivity index (χ4n) is 3.94. The van der Waals surface area contributed by atoms with Crippen molar-refractivity contribution in [3.05, 3.63) is 104 Å². The Morgan fingerprint density at radius 1 is 1.03 bits per heavy atom. The average Bonchev–Trinajstić information content (AvgIpc) is 3.13. The lowest BCUT2D eigenvalue weighted by Gasteiger charge is -2.18. The van der Waals surface area contributed by atoms with Crippen LogP contribution in [-0.4, -0.2) is 19.3 Å². The highest BCUT2D eigenvalue weighted by atomic mass is 35.5. The minimum atomic E-state index is -0.581. The van der Waals surface area contributed by atoms with Crippen molar-refractivity contribution in [2.75, 3.05) is 0 Å². The van der Waals surface area contributed by atoms with Crippen molar-refractivity contribution < 1.29 is 9.31 Å². The van der Waals surface area contributed by atoms with Gasteiger partial charge in [-0.2, -0.15) is 9.78 Å². The molecule has 0 bridgehead atoms. The number of rotatable bonds is 3. The fraction of sp³-hybridized carbons (Fsp3) is 0.0435. The maximum Gasteiger partial charge on any atom is 0.288 e. The van der Waals surface area contributed by atoms with E-state index in [1.807, 2.05) is 6.07 Å². The molecule has 2 aliphatic rings. The van der Waals surface area contributed by atoms with Gasteiger partial charge in [0, 0.05) is 22.8 Å². The molecule has 0 aliphatic carbocycles. The molecule has 0 N–H and O–H groups in total. The molecule has 158 valence electrons. The molecule has 3 aromatic rings. The first-order valence-electron chi connectivity index (χ1n) is 9.60. The Balaban J connectivity index is 1.97. The van der Waals surface area contributed by atoms with Gasteiger partial charge in [-0.05, 0) is 49.4 Å². The molecule has 3 aromatic carbocycles. The largest absolute Gasteiger partial charge is 0.313 e. The summed E-state index contributed by atoms with van der Waals surface area (Å²) in [7, 11) is 0. The minimum Gasteiger partial charge on any atom is -0.313 e. The molecule has 32 heavy (non-hydrogen) atoms. The lowest BCUT2D eigenvalue weighted by molar-refractivity contribution is -0.384. The fourth-order valence-corrected chi connectivity index (χ4v) is 4.17. The van der Waals surface area contributed by atoms with E-state index in [2.05, 4.69) is 5.10 Å². The van der Waals surface area contributed by atoms with E-state index in [4.69, 9.17) is 11.6 Å². The quantitative estimate of drug-likeness (QED) is 0.277. The predicted molar refractivity (Wildman–Crippen MR) is 120 cm³/mol. The Kier molecular flexibility index (Phi) is 4.53. The molecule has 0 saturated carbocycles. The Labute approximate surface area is 185 Å². The van der Waals surface area contributed by atoms with Crippen LogP contribution in [0.3, 0.4) is 0 Å². The van der Waals surface area contributed by atoms with Crippen LogP contribution in [0, 0.1) is 22.9 Å². The van der Waals surface area contributed by atoms with Gasteiger partial charge in [0.2, 0.25) is 0 Å². The first-order valence-corrected chi connectivity index (χ1v) is 9.98. The third kappa shape index (κ3) is 2.96. The van der Waals surface area contributed by atoms with Gasteiger partial charge in [0.1, 0.15) is 16.5 Å². The Bertz CT molecular complexity index is 1540. The summed E-state index contributed by atoms with van der Waals surface area (Å²) in [5.74, 6) is -0.410. The van der Waals surface area contributed by atoms with Crippen LogP contribution in [0.15, 0.2) is 71.5 Å². The van der Waals surface area contributed by atoms with E-state index in [9.17, 15) is 19.3 Å². The highest BCUT2D eigenvalue weighted by Crippen LogP contribution is 2.38. The van der Waals surface area contributed by atoms with Crippen LogP contribution >= 0.6 is 11.6 Å². The van der Waals surface area contributed by atoms with Crippen LogP contribution < -0.4 is 5.56 Å². The maximum absolute atomic E-state index is 13.6. The number of benzene rings is 3. The van der Waals surface area contributed by atoms with Crippen molar-refractivity contribution in [3.63, 3.8) is 0 Å². The maximum atomic E-state index is 13.6. The number of halogens is 2. The third-order valence-corrected chi connectivity index (χ3v) is 5.69.